The molecule has 0 saturated carbocycles. The zero-order chi connectivity index (χ0) is 39.3. The molecule has 0 aromatic heterocycles. The largest absolute Gasteiger partial charge is 0.457 e. The van der Waals surface area contributed by atoms with E-state index in [1.807, 2.05) is 88.4 Å². The molecular weight excluding hydrogens is 701 g/mol. The Hall–Kier alpha value is -5.40. The molecule has 0 heterocycles. The van der Waals surface area contributed by atoms with Crippen LogP contribution in [0.25, 0.3) is 0 Å². The maximum Gasteiger partial charge on any atom is 0.127 e. The van der Waals surface area contributed by atoms with E-state index in [0.717, 1.165) is 22.3 Å². The molecule has 0 aliphatic heterocycles. The molecule has 0 aliphatic rings. The van der Waals surface area contributed by atoms with Crippen LogP contribution in [0.3, 0.4) is 0 Å². The average Bonchev–Trinajstić information content (AvgIpc) is 3.15. The summed E-state index contributed by atoms with van der Waals surface area (Å²) in [7, 11) is 0. The minimum atomic E-state index is -0.719. The van der Waals surface area contributed by atoms with Crippen molar-refractivity contribution in [3.63, 3.8) is 0 Å². The van der Waals surface area contributed by atoms with Crippen LogP contribution in [0.5, 0.6) is 23.0 Å². The second-order valence-electron chi connectivity index (χ2n) is 15.3. The molecule has 0 radical (unpaired) electrons. The number of rotatable bonds is 14. The molecule has 6 aromatic carbocycles. The zero-order valence-corrected chi connectivity index (χ0v) is 32.0. The molecular formula is C48H46F4O3. The van der Waals surface area contributed by atoms with Gasteiger partial charge in [-0.25, -0.2) is 17.6 Å². The number of aryl methyl sites for hydroxylation is 2. The smallest absolute Gasteiger partial charge is 0.127 e. The lowest BCUT2D eigenvalue weighted by molar-refractivity contribution is -0.0753. The Morgan fingerprint density at radius 2 is 0.836 bits per heavy atom. The number of halogens is 4. The first-order chi connectivity index (χ1) is 26.2. The van der Waals surface area contributed by atoms with Gasteiger partial charge in [-0.1, -0.05) is 76.2 Å². The predicted molar refractivity (Wildman–Crippen MR) is 210 cm³/mol. The van der Waals surface area contributed by atoms with Gasteiger partial charge in [-0.2, -0.15) is 0 Å². The monoisotopic (exact) mass is 746 g/mol. The van der Waals surface area contributed by atoms with Crippen LogP contribution in [0.1, 0.15) is 61.1 Å². The van der Waals surface area contributed by atoms with Crippen molar-refractivity contribution in [3.05, 3.63) is 190 Å². The van der Waals surface area contributed by atoms with E-state index in [9.17, 15) is 8.78 Å². The number of ether oxygens (including phenoxy) is 3. The van der Waals surface area contributed by atoms with Gasteiger partial charge < -0.3 is 14.2 Å². The third kappa shape index (κ3) is 9.65. The van der Waals surface area contributed by atoms with Crippen molar-refractivity contribution in [1.29, 1.82) is 0 Å². The predicted octanol–water partition coefficient (Wildman–Crippen LogP) is 12.9. The molecule has 2 atom stereocenters. The molecule has 0 saturated heterocycles. The normalized spacial score (nSPS) is 13.0. The first kappa shape index (κ1) is 39.3. The molecule has 0 fully saturated rings. The molecule has 0 bridgehead atoms. The van der Waals surface area contributed by atoms with E-state index in [4.69, 9.17) is 14.2 Å². The molecule has 0 N–H and O–H groups in total. The Bertz CT molecular complexity index is 2070. The van der Waals surface area contributed by atoms with Crippen LogP contribution in [0.4, 0.5) is 17.6 Å². The minimum absolute atomic E-state index is 0.302. The van der Waals surface area contributed by atoms with Gasteiger partial charge in [0.15, 0.2) is 0 Å². The summed E-state index contributed by atoms with van der Waals surface area (Å²) in [6.45, 7) is 11.7. The summed E-state index contributed by atoms with van der Waals surface area (Å²) in [4.78, 5) is 0. The van der Waals surface area contributed by atoms with Gasteiger partial charge >= 0.3 is 0 Å². The average molecular weight is 747 g/mol. The highest BCUT2D eigenvalue weighted by atomic mass is 19.1. The highest BCUT2D eigenvalue weighted by Gasteiger charge is 2.40. The molecule has 6 aromatic rings. The molecule has 7 heteroatoms. The first-order valence-electron chi connectivity index (χ1n) is 18.4. The molecule has 3 nitrogen and oxygen atoms in total. The lowest BCUT2D eigenvalue weighted by Gasteiger charge is -2.43. The van der Waals surface area contributed by atoms with Crippen molar-refractivity contribution < 1.29 is 31.8 Å². The van der Waals surface area contributed by atoms with Crippen LogP contribution < -0.4 is 9.47 Å². The van der Waals surface area contributed by atoms with Crippen LogP contribution >= 0.6 is 0 Å². The van der Waals surface area contributed by atoms with E-state index in [0.29, 0.717) is 47.0 Å². The molecule has 2 unspecified atom stereocenters. The number of benzene rings is 6. The maximum absolute atomic E-state index is 15.2. The van der Waals surface area contributed by atoms with E-state index in [1.165, 1.54) is 24.3 Å². The van der Waals surface area contributed by atoms with Crippen LogP contribution in [0.2, 0.25) is 0 Å². The standard InChI is InChI=1S/C48H46F4O3/c1-31-13-15-35(29-43(31)51)47(3,4)45(27-33-9-7-11-41(25-33)53-39-21-17-37(49)18-22-39)55-46(48(5,6)36-16-14-32(2)44(52)30-36)28-34-10-8-12-42(26-34)54-40-23-19-38(50)20-24-40/h7-26,29-30,45-46H,27-28H2,1-6H3. The Labute approximate surface area is 321 Å². The van der Waals surface area contributed by atoms with E-state index < -0.39 is 23.0 Å². The topological polar surface area (TPSA) is 27.7 Å². The van der Waals surface area contributed by atoms with Gasteiger partial charge in [0, 0.05) is 10.8 Å². The Morgan fingerprint density at radius 3 is 1.20 bits per heavy atom. The maximum atomic E-state index is 15.2. The summed E-state index contributed by atoms with van der Waals surface area (Å²) in [5.41, 5.74) is 3.03. The number of hydrogen-bond donors (Lipinski definition) is 0. The summed E-state index contributed by atoms with van der Waals surface area (Å²) < 4.78 is 77.1. The lowest BCUT2D eigenvalue weighted by atomic mass is 9.74. The van der Waals surface area contributed by atoms with Crippen molar-refractivity contribution >= 4 is 0 Å². The van der Waals surface area contributed by atoms with Gasteiger partial charge in [0.1, 0.15) is 46.3 Å². The molecule has 284 valence electrons. The van der Waals surface area contributed by atoms with Gasteiger partial charge in [-0.05, 0) is 145 Å². The summed E-state index contributed by atoms with van der Waals surface area (Å²) >= 11 is 0. The lowest BCUT2D eigenvalue weighted by Crippen LogP contribution is -2.46. The van der Waals surface area contributed by atoms with Gasteiger partial charge in [0.05, 0.1) is 12.2 Å². The van der Waals surface area contributed by atoms with Crippen molar-refractivity contribution in [2.24, 2.45) is 0 Å². The van der Waals surface area contributed by atoms with Crippen molar-refractivity contribution in [3.8, 4) is 23.0 Å². The fraction of sp³-hybridized carbons (Fsp3) is 0.250. The van der Waals surface area contributed by atoms with Crippen LogP contribution in [0.15, 0.2) is 133 Å². The SMILES string of the molecule is Cc1ccc(C(C)(C)C(Cc2cccc(Oc3ccc(F)cc3)c2)OC(Cc2cccc(Oc3ccc(F)cc3)c2)C(C)(C)c2ccc(C)c(F)c2)cc1F. The molecule has 0 aliphatic carbocycles. The quantitative estimate of drug-likeness (QED) is 0.104. The molecule has 55 heavy (non-hydrogen) atoms. The summed E-state index contributed by atoms with van der Waals surface area (Å²) in [6.07, 6.45) is -0.194. The van der Waals surface area contributed by atoms with Gasteiger partial charge in [-0.15, -0.1) is 0 Å². The zero-order valence-electron chi connectivity index (χ0n) is 32.0. The fourth-order valence-electron chi connectivity index (χ4n) is 6.68. The Kier molecular flexibility index (Phi) is 11.8. The second kappa shape index (κ2) is 16.5. The third-order valence-electron chi connectivity index (χ3n) is 10.5. The minimum Gasteiger partial charge on any atom is -0.457 e. The molecule has 6 rings (SSSR count). The van der Waals surface area contributed by atoms with E-state index in [1.54, 1.807) is 62.4 Å². The summed E-state index contributed by atoms with van der Waals surface area (Å²) in [6, 6.07) is 37.6. The van der Waals surface area contributed by atoms with Crippen LogP contribution in [0, 0.1) is 37.1 Å². The second-order valence-corrected chi connectivity index (χ2v) is 15.3. The van der Waals surface area contributed by atoms with Crippen molar-refractivity contribution in [1.82, 2.24) is 0 Å². The van der Waals surface area contributed by atoms with Gasteiger partial charge in [0.25, 0.3) is 0 Å². The highest BCUT2D eigenvalue weighted by molar-refractivity contribution is 5.38. The molecule has 0 spiro atoms. The Morgan fingerprint density at radius 1 is 0.455 bits per heavy atom. The highest BCUT2D eigenvalue weighted by Crippen LogP contribution is 2.39. The van der Waals surface area contributed by atoms with E-state index >= 15 is 8.78 Å². The third-order valence-corrected chi connectivity index (χ3v) is 10.5. The summed E-state index contributed by atoms with van der Waals surface area (Å²) in [5, 5.41) is 0. The molecule has 0 amide bonds. The van der Waals surface area contributed by atoms with Crippen LogP contribution in [-0.2, 0) is 28.4 Å². The first-order valence-corrected chi connectivity index (χ1v) is 18.4. The van der Waals surface area contributed by atoms with Crippen molar-refractivity contribution in [2.75, 3.05) is 0 Å². The summed E-state index contributed by atoms with van der Waals surface area (Å²) in [5.74, 6) is 0.842. The van der Waals surface area contributed by atoms with Gasteiger partial charge in [0.2, 0.25) is 0 Å². The fourth-order valence-corrected chi connectivity index (χ4v) is 6.68. The van der Waals surface area contributed by atoms with E-state index in [2.05, 4.69) is 0 Å². The van der Waals surface area contributed by atoms with Crippen molar-refractivity contribution in [2.45, 2.75) is 77.4 Å². The van der Waals surface area contributed by atoms with Gasteiger partial charge in [-0.3, -0.25) is 0 Å². The van der Waals surface area contributed by atoms with Crippen LogP contribution in [-0.4, -0.2) is 12.2 Å². The Balaban J connectivity index is 1.39. The van der Waals surface area contributed by atoms with E-state index in [-0.39, 0.29) is 23.3 Å². The number of hydrogen-bond acceptors (Lipinski definition) is 3.